The third-order valence-electron chi connectivity index (χ3n) is 6.96. The zero-order valence-corrected chi connectivity index (χ0v) is 17.2. The Balaban J connectivity index is 1.57. The van der Waals surface area contributed by atoms with Gasteiger partial charge in [-0.25, -0.2) is 0 Å². The zero-order valence-electron chi connectivity index (χ0n) is 16.4. The lowest BCUT2D eigenvalue weighted by Crippen LogP contribution is -2.59. The lowest BCUT2D eigenvalue weighted by atomic mass is 9.63. The van der Waals surface area contributed by atoms with Crippen LogP contribution in [0.3, 0.4) is 0 Å². The van der Waals surface area contributed by atoms with Crippen LogP contribution in [0, 0.1) is 5.41 Å². The molecule has 0 radical (unpaired) electrons. The molecule has 0 amide bonds. The van der Waals surface area contributed by atoms with Crippen LogP contribution in [0.15, 0.2) is 12.3 Å². The van der Waals surface area contributed by atoms with Crippen LogP contribution in [-0.2, 0) is 9.47 Å². The summed E-state index contributed by atoms with van der Waals surface area (Å²) >= 11 is 2.18. The summed E-state index contributed by atoms with van der Waals surface area (Å²) in [5.74, 6) is 1.33. The fraction of sp³-hybridized carbons (Fsp3) is 0.905. The third-order valence-corrected chi connectivity index (χ3v) is 8.36. The minimum absolute atomic E-state index is 0.0342. The summed E-state index contributed by atoms with van der Waals surface area (Å²) in [6, 6.07) is 0. The highest BCUT2D eigenvalue weighted by atomic mass is 32.2. The smallest absolute Gasteiger partial charge is 0.0787 e. The molecule has 26 heavy (non-hydrogen) atoms. The second kappa shape index (κ2) is 8.42. The molecule has 0 spiro atoms. The van der Waals surface area contributed by atoms with E-state index in [1.54, 1.807) is 0 Å². The van der Waals surface area contributed by atoms with E-state index in [0.29, 0.717) is 6.10 Å². The molecule has 4 atom stereocenters. The number of hydrogen-bond donors (Lipinski definition) is 1. The molecular weight excluding hydrogens is 344 g/mol. The maximum atomic E-state index is 6.78. The highest BCUT2D eigenvalue weighted by molar-refractivity contribution is 8.00. The summed E-state index contributed by atoms with van der Waals surface area (Å²) < 4.78 is 12.9. The number of rotatable bonds is 6. The quantitative estimate of drug-likeness (QED) is 0.758. The Bertz CT molecular complexity index is 470. The van der Waals surface area contributed by atoms with Crippen molar-refractivity contribution in [1.82, 2.24) is 10.2 Å². The van der Waals surface area contributed by atoms with Crippen molar-refractivity contribution in [2.75, 3.05) is 38.7 Å². The van der Waals surface area contributed by atoms with Crippen LogP contribution in [0.5, 0.6) is 0 Å². The van der Waals surface area contributed by atoms with Crippen LogP contribution in [0.1, 0.15) is 58.3 Å². The number of hydrogen-bond acceptors (Lipinski definition) is 5. The molecule has 0 aliphatic carbocycles. The maximum absolute atomic E-state index is 6.78. The highest BCUT2D eigenvalue weighted by Crippen LogP contribution is 2.51. The average molecular weight is 381 g/mol. The normalized spacial score (nSPS) is 41.0. The maximum Gasteiger partial charge on any atom is 0.0787 e. The van der Waals surface area contributed by atoms with E-state index in [2.05, 4.69) is 41.2 Å². The van der Waals surface area contributed by atoms with Crippen LogP contribution in [-0.4, -0.2) is 60.6 Å². The lowest BCUT2D eigenvalue weighted by molar-refractivity contribution is -0.190. The molecule has 3 saturated heterocycles. The molecule has 0 aromatic carbocycles. The fourth-order valence-corrected chi connectivity index (χ4v) is 6.89. The average Bonchev–Trinajstić information content (AvgIpc) is 3.33. The number of nitrogens with zero attached hydrogens (tertiary/aromatic N) is 1. The first-order valence-electron chi connectivity index (χ1n) is 10.7. The standard InChI is InChI=1S/C21H36N2O2S/c1-20(16-23-10-5-9-22-17-23)8-4-12-25-21(20,14-18-6-2-11-24-18)15-19-7-3-13-26-19/h5,10,18-19,22H,2-4,6-9,11-17H2,1H3. The van der Waals surface area contributed by atoms with E-state index >= 15 is 0 Å². The van der Waals surface area contributed by atoms with E-state index < -0.39 is 0 Å². The Morgan fingerprint density at radius 1 is 1.19 bits per heavy atom. The zero-order chi connectivity index (χ0) is 17.9. The topological polar surface area (TPSA) is 33.7 Å². The van der Waals surface area contributed by atoms with E-state index in [1.807, 2.05) is 0 Å². The van der Waals surface area contributed by atoms with Gasteiger partial charge in [0.1, 0.15) is 0 Å². The van der Waals surface area contributed by atoms with Crippen LogP contribution >= 0.6 is 11.8 Å². The van der Waals surface area contributed by atoms with E-state index in [4.69, 9.17) is 9.47 Å². The second-order valence-electron chi connectivity index (χ2n) is 8.93. The van der Waals surface area contributed by atoms with Gasteiger partial charge in [-0.15, -0.1) is 0 Å². The van der Waals surface area contributed by atoms with E-state index in [-0.39, 0.29) is 11.0 Å². The first kappa shape index (κ1) is 19.1. The van der Waals surface area contributed by atoms with Crippen molar-refractivity contribution in [3.05, 3.63) is 12.3 Å². The Morgan fingerprint density at radius 2 is 2.15 bits per heavy atom. The van der Waals surface area contributed by atoms with Crippen molar-refractivity contribution < 1.29 is 9.47 Å². The lowest BCUT2D eigenvalue weighted by Gasteiger charge is -2.55. The predicted molar refractivity (Wildman–Crippen MR) is 108 cm³/mol. The van der Waals surface area contributed by atoms with Gasteiger partial charge in [-0.3, -0.25) is 5.32 Å². The van der Waals surface area contributed by atoms with E-state index in [9.17, 15) is 0 Å². The first-order chi connectivity index (χ1) is 12.7. The van der Waals surface area contributed by atoms with Gasteiger partial charge >= 0.3 is 0 Å². The van der Waals surface area contributed by atoms with Crippen LogP contribution < -0.4 is 5.32 Å². The Hall–Kier alpha value is -0.230. The molecule has 0 aromatic rings. The molecular formula is C21H36N2O2S. The van der Waals surface area contributed by atoms with Crippen molar-refractivity contribution in [2.24, 2.45) is 5.41 Å². The molecule has 4 aliphatic rings. The summed E-state index contributed by atoms with van der Waals surface area (Å²) in [5.41, 5.74) is 0.150. The molecule has 4 unspecified atom stereocenters. The van der Waals surface area contributed by atoms with Crippen molar-refractivity contribution in [1.29, 1.82) is 0 Å². The SMILES string of the molecule is CC1(CN2C=CCNC2)CCCOC1(CC1CCCO1)CC1CCCS1. The van der Waals surface area contributed by atoms with Gasteiger partial charge in [0.25, 0.3) is 0 Å². The Kier molecular flexibility index (Phi) is 6.19. The molecule has 0 aromatic heterocycles. The monoisotopic (exact) mass is 380 g/mol. The van der Waals surface area contributed by atoms with E-state index in [1.165, 1.54) is 50.7 Å². The minimum Gasteiger partial charge on any atom is -0.378 e. The Morgan fingerprint density at radius 3 is 2.88 bits per heavy atom. The van der Waals surface area contributed by atoms with Crippen LogP contribution in [0.25, 0.3) is 0 Å². The molecule has 4 nitrogen and oxygen atoms in total. The van der Waals surface area contributed by atoms with Crippen molar-refractivity contribution in [3.63, 3.8) is 0 Å². The second-order valence-corrected chi connectivity index (χ2v) is 10.3. The van der Waals surface area contributed by atoms with Crippen molar-refractivity contribution in [3.8, 4) is 0 Å². The minimum atomic E-state index is -0.0342. The highest BCUT2D eigenvalue weighted by Gasteiger charge is 2.53. The summed E-state index contributed by atoms with van der Waals surface area (Å²) in [6.07, 6.45) is 14.8. The van der Waals surface area contributed by atoms with Crippen LogP contribution in [0.4, 0.5) is 0 Å². The molecule has 4 rings (SSSR count). The third kappa shape index (κ3) is 4.11. The van der Waals surface area contributed by atoms with E-state index in [0.717, 1.165) is 44.6 Å². The van der Waals surface area contributed by atoms with Gasteiger partial charge in [0.2, 0.25) is 0 Å². The van der Waals surface area contributed by atoms with Gasteiger partial charge in [0.05, 0.1) is 18.4 Å². The molecule has 4 aliphatic heterocycles. The van der Waals surface area contributed by atoms with Gasteiger partial charge in [-0.2, -0.15) is 11.8 Å². The molecule has 5 heteroatoms. The molecule has 3 fully saturated rings. The van der Waals surface area contributed by atoms with Gasteiger partial charge in [-0.05, 0) is 56.9 Å². The van der Waals surface area contributed by atoms with Gasteiger partial charge in [0.15, 0.2) is 0 Å². The number of thioether (sulfide) groups is 1. The summed E-state index contributed by atoms with van der Waals surface area (Å²) in [6.45, 7) is 7.40. The van der Waals surface area contributed by atoms with Gasteiger partial charge in [0, 0.05) is 43.4 Å². The number of nitrogens with one attached hydrogen (secondary N) is 1. The largest absolute Gasteiger partial charge is 0.378 e. The molecule has 148 valence electrons. The summed E-state index contributed by atoms with van der Waals surface area (Å²) in [4.78, 5) is 2.46. The molecule has 1 N–H and O–H groups in total. The summed E-state index contributed by atoms with van der Waals surface area (Å²) in [5, 5.41) is 4.25. The first-order valence-corrected chi connectivity index (χ1v) is 11.7. The van der Waals surface area contributed by atoms with Crippen molar-refractivity contribution >= 4 is 11.8 Å². The Labute approximate surface area is 163 Å². The van der Waals surface area contributed by atoms with Crippen molar-refractivity contribution in [2.45, 2.75) is 75.2 Å². The molecule has 0 bridgehead atoms. The van der Waals surface area contributed by atoms with Crippen LogP contribution in [0.2, 0.25) is 0 Å². The number of ether oxygens (including phenoxy) is 2. The predicted octanol–water partition coefficient (Wildman–Crippen LogP) is 3.77. The molecule has 4 heterocycles. The van der Waals surface area contributed by atoms with Gasteiger partial charge in [-0.1, -0.05) is 13.0 Å². The fourth-order valence-electron chi connectivity index (χ4n) is 5.50. The van der Waals surface area contributed by atoms with Gasteiger partial charge < -0.3 is 14.4 Å². The summed E-state index contributed by atoms with van der Waals surface area (Å²) in [7, 11) is 0. The molecule has 0 saturated carbocycles.